The number of nitrogens with two attached hydrogens (primary N) is 1. The lowest BCUT2D eigenvalue weighted by Crippen LogP contribution is -2.51. The van der Waals surface area contributed by atoms with Gasteiger partial charge in [0, 0.05) is 48.7 Å². The minimum atomic E-state index is 0. The van der Waals surface area contributed by atoms with Crippen LogP contribution in [-0.2, 0) is 5.41 Å². The highest BCUT2D eigenvalue weighted by Gasteiger charge is 2.37. The van der Waals surface area contributed by atoms with Crippen LogP contribution in [0.4, 0.5) is 5.13 Å². The molecule has 1 saturated carbocycles. The van der Waals surface area contributed by atoms with Crippen molar-refractivity contribution in [2.45, 2.75) is 31.1 Å². The summed E-state index contributed by atoms with van der Waals surface area (Å²) in [5, 5.41) is 3.12. The fraction of sp³-hybridized carbons (Fsp3) is 0.524. The van der Waals surface area contributed by atoms with Gasteiger partial charge in [0.1, 0.15) is 5.75 Å². The molecule has 29 heavy (non-hydrogen) atoms. The second kappa shape index (κ2) is 9.97. The predicted molar refractivity (Wildman–Crippen MR) is 131 cm³/mol. The highest BCUT2D eigenvalue weighted by Crippen LogP contribution is 2.44. The van der Waals surface area contributed by atoms with Crippen molar-refractivity contribution in [2.75, 3.05) is 44.7 Å². The van der Waals surface area contributed by atoms with Crippen LogP contribution in [-0.4, -0.2) is 55.7 Å². The summed E-state index contributed by atoms with van der Waals surface area (Å²) in [6.45, 7) is 4.36. The Hall–Kier alpha value is -1.55. The van der Waals surface area contributed by atoms with Crippen molar-refractivity contribution in [3.05, 3.63) is 41.4 Å². The first kappa shape index (κ1) is 22.1. The molecule has 158 valence electrons. The van der Waals surface area contributed by atoms with E-state index in [4.69, 9.17) is 15.5 Å². The molecule has 4 rings (SSSR count). The number of hydrogen-bond donors (Lipinski definition) is 1. The van der Waals surface area contributed by atoms with E-state index in [0.29, 0.717) is 5.96 Å². The number of halogens is 1. The standard InChI is InChI=1S/C21H29N5OS.HI/c1-27-18-7-3-2-6-17(18)21(8-4-5-9-21)16-24-19(22)25-11-13-26(14-12-25)20-23-10-15-28-20;/h2-3,6-7,10,15H,4-5,8-9,11-14,16H2,1H3,(H2,22,24);1H. The summed E-state index contributed by atoms with van der Waals surface area (Å²) in [6.07, 6.45) is 6.62. The fourth-order valence-electron chi connectivity index (χ4n) is 4.48. The molecule has 0 radical (unpaired) electrons. The van der Waals surface area contributed by atoms with Gasteiger partial charge in [-0.3, -0.25) is 4.99 Å². The first-order valence-corrected chi connectivity index (χ1v) is 10.9. The first-order valence-electron chi connectivity index (χ1n) is 10.0. The molecule has 6 nitrogen and oxygen atoms in total. The van der Waals surface area contributed by atoms with Gasteiger partial charge in [0.2, 0.25) is 0 Å². The van der Waals surface area contributed by atoms with Crippen LogP contribution in [0, 0.1) is 0 Å². The Morgan fingerprint density at radius 2 is 1.93 bits per heavy atom. The Bertz CT molecular complexity index is 799. The van der Waals surface area contributed by atoms with Gasteiger partial charge in [-0.2, -0.15) is 0 Å². The van der Waals surface area contributed by atoms with Crippen LogP contribution in [0.15, 0.2) is 40.8 Å². The lowest BCUT2D eigenvalue weighted by molar-refractivity contribution is 0.367. The van der Waals surface area contributed by atoms with Gasteiger partial charge in [0.25, 0.3) is 0 Å². The number of nitrogens with zero attached hydrogens (tertiary/aromatic N) is 4. The van der Waals surface area contributed by atoms with Gasteiger partial charge in [0.05, 0.1) is 13.7 Å². The zero-order chi connectivity index (χ0) is 19.4. The van der Waals surface area contributed by atoms with Crippen molar-refractivity contribution in [3.63, 3.8) is 0 Å². The number of benzene rings is 1. The third-order valence-corrected chi connectivity index (χ3v) is 6.91. The van der Waals surface area contributed by atoms with E-state index in [-0.39, 0.29) is 29.4 Å². The smallest absolute Gasteiger partial charge is 0.191 e. The number of hydrogen-bond acceptors (Lipinski definition) is 5. The van der Waals surface area contributed by atoms with Gasteiger partial charge in [-0.05, 0) is 18.9 Å². The molecule has 2 fully saturated rings. The van der Waals surface area contributed by atoms with E-state index in [1.54, 1.807) is 18.4 Å². The Morgan fingerprint density at radius 1 is 1.21 bits per heavy atom. The number of thiazole rings is 1. The lowest BCUT2D eigenvalue weighted by Gasteiger charge is -2.36. The van der Waals surface area contributed by atoms with Crippen LogP contribution in [0.5, 0.6) is 5.75 Å². The molecular formula is C21H30IN5OS. The average molecular weight is 527 g/mol. The topological polar surface area (TPSA) is 67.0 Å². The lowest BCUT2D eigenvalue weighted by atomic mass is 9.78. The molecule has 2 aliphatic rings. The van der Waals surface area contributed by atoms with Crippen molar-refractivity contribution in [1.29, 1.82) is 0 Å². The van der Waals surface area contributed by atoms with Gasteiger partial charge in [-0.15, -0.1) is 35.3 Å². The normalized spacial score (nSPS) is 19.1. The summed E-state index contributed by atoms with van der Waals surface area (Å²) in [4.78, 5) is 13.8. The number of guanidine groups is 1. The molecule has 1 aromatic heterocycles. The monoisotopic (exact) mass is 527 g/mol. The molecule has 0 bridgehead atoms. The predicted octanol–water partition coefficient (Wildman–Crippen LogP) is 3.72. The number of piperazine rings is 1. The third kappa shape index (κ3) is 4.79. The maximum Gasteiger partial charge on any atom is 0.191 e. The Labute approximate surface area is 194 Å². The van der Waals surface area contributed by atoms with Gasteiger partial charge in [0.15, 0.2) is 11.1 Å². The third-order valence-electron chi connectivity index (χ3n) is 6.08. The van der Waals surface area contributed by atoms with Crippen molar-refractivity contribution in [2.24, 2.45) is 10.7 Å². The second-order valence-corrected chi connectivity index (χ2v) is 8.52. The van der Waals surface area contributed by atoms with Gasteiger partial charge in [-0.25, -0.2) is 4.98 Å². The number of methoxy groups -OCH3 is 1. The van der Waals surface area contributed by atoms with Crippen molar-refractivity contribution in [3.8, 4) is 5.75 Å². The molecule has 0 atom stereocenters. The maximum atomic E-state index is 6.41. The summed E-state index contributed by atoms with van der Waals surface area (Å²) in [5.74, 6) is 1.63. The number of ether oxygens (including phenoxy) is 1. The van der Waals surface area contributed by atoms with Gasteiger partial charge in [-0.1, -0.05) is 31.0 Å². The zero-order valence-electron chi connectivity index (χ0n) is 16.9. The maximum absolute atomic E-state index is 6.41. The van der Waals surface area contributed by atoms with Crippen LogP contribution in [0.2, 0.25) is 0 Å². The Morgan fingerprint density at radius 3 is 2.59 bits per heavy atom. The molecular weight excluding hydrogens is 497 g/mol. The van der Waals surface area contributed by atoms with Gasteiger partial charge >= 0.3 is 0 Å². The summed E-state index contributed by atoms with van der Waals surface area (Å²) >= 11 is 1.69. The van der Waals surface area contributed by atoms with Crippen LogP contribution >= 0.6 is 35.3 Å². The van der Waals surface area contributed by atoms with E-state index in [0.717, 1.165) is 56.4 Å². The number of aliphatic imine (C=N–C) groups is 1. The van der Waals surface area contributed by atoms with Crippen LogP contribution < -0.4 is 15.4 Å². The van der Waals surface area contributed by atoms with Crippen LogP contribution in [0.25, 0.3) is 0 Å². The minimum absolute atomic E-state index is 0. The van der Waals surface area contributed by atoms with Gasteiger partial charge < -0.3 is 20.3 Å². The van der Waals surface area contributed by atoms with Crippen molar-refractivity contribution >= 4 is 46.4 Å². The molecule has 2 aromatic rings. The second-order valence-electron chi connectivity index (χ2n) is 7.65. The summed E-state index contributed by atoms with van der Waals surface area (Å²) in [6, 6.07) is 8.39. The van der Waals surface area contributed by atoms with Crippen LogP contribution in [0.1, 0.15) is 31.2 Å². The molecule has 0 spiro atoms. The zero-order valence-corrected chi connectivity index (χ0v) is 20.1. The molecule has 0 amide bonds. The van der Waals surface area contributed by atoms with E-state index in [9.17, 15) is 0 Å². The number of para-hydroxylation sites is 1. The van der Waals surface area contributed by atoms with E-state index in [1.807, 2.05) is 17.6 Å². The highest BCUT2D eigenvalue weighted by molar-refractivity contribution is 14.0. The largest absolute Gasteiger partial charge is 0.496 e. The first-order chi connectivity index (χ1) is 13.7. The summed E-state index contributed by atoms with van der Waals surface area (Å²) in [7, 11) is 1.75. The van der Waals surface area contributed by atoms with Crippen molar-refractivity contribution in [1.82, 2.24) is 9.88 Å². The summed E-state index contributed by atoms with van der Waals surface area (Å²) in [5.41, 5.74) is 7.73. The quantitative estimate of drug-likeness (QED) is 0.365. The molecule has 8 heteroatoms. The van der Waals surface area contributed by atoms with E-state index < -0.39 is 0 Å². The molecule has 1 aliphatic heterocycles. The number of anilines is 1. The minimum Gasteiger partial charge on any atom is -0.496 e. The van der Waals surface area contributed by atoms with E-state index >= 15 is 0 Å². The van der Waals surface area contributed by atoms with Crippen molar-refractivity contribution < 1.29 is 4.74 Å². The molecule has 1 aromatic carbocycles. The molecule has 1 saturated heterocycles. The Kier molecular flexibility index (Phi) is 7.61. The SMILES string of the molecule is COc1ccccc1C1(CN=C(N)N2CCN(c3nccs3)CC2)CCCC1.I. The summed E-state index contributed by atoms with van der Waals surface area (Å²) < 4.78 is 5.65. The average Bonchev–Trinajstić information content (AvgIpc) is 3.45. The fourth-order valence-corrected chi connectivity index (χ4v) is 5.18. The molecule has 2 heterocycles. The number of aromatic nitrogens is 1. The van der Waals surface area contributed by atoms with E-state index in [1.165, 1.54) is 18.4 Å². The molecule has 2 N–H and O–H groups in total. The molecule has 0 unspecified atom stereocenters. The van der Waals surface area contributed by atoms with E-state index in [2.05, 4.69) is 33.0 Å². The molecule has 1 aliphatic carbocycles. The number of rotatable bonds is 5. The highest BCUT2D eigenvalue weighted by atomic mass is 127. The van der Waals surface area contributed by atoms with Crippen LogP contribution in [0.3, 0.4) is 0 Å². The Balaban J connectivity index is 0.00000240.